The molecule has 1 aliphatic heterocycles. The molecule has 1 saturated heterocycles. The van der Waals surface area contributed by atoms with Gasteiger partial charge in [-0.05, 0) is 32.3 Å². The molecule has 1 aromatic rings. The first-order valence-electron chi connectivity index (χ1n) is 6.17. The van der Waals surface area contributed by atoms with Crippen LogP contribution in [-0.4, -0.2) is 28.7 Å². The first-order valence-corrected chi connectivity index (χ1v) is 6.17. The smallest absolute Gasteiger partial charge is 0.0567 e. The minimum Gasteiger partial charge on any atom is -0.393 e. The van der Waals surface area contributed by atoms with E-state index in [1.54, 1.807) is 0 Å². The molecule has 0 spiro atoms. The number of hydrogen-bond donors (Lipinski definition) is 1. The van der Waals surface area contributed by atoms with E-state index in [0.29, 0.717) is 12.1 Å². The van der Waals surface area contributed by atoms with E-state index in [1.165, 1.54) is 5.56 Å². The van der Waals surface area contributed by atoms with E-state index < -0.39 is 0 Å². The first-order chi connectivity index (χ1) is 7.68. The van der Waals surface area contributed by atoms with Crippen molar-refractivity contribution in [3.63, 3.8) is 0 Å². The van der Waals surface area contributed by atoms with Crippen molar-refractivity contribution in [1.82, 2.24) is 4.90 Å². The van der Waals surface area contributed by atoms with Gasteiger partial charge >= 0.3 is 0 Å². The molecule has 1 aliphatic rings. The Labute approximate surface area is 97.9 Å². The summed E-state index contributed by atoms with van der Waals surface area (Å²) in [5, 5.41) is 9.62. The molecule has 16 heavy (non-hydrogen) atoms. The van der Waals surface area contributed by atoms with Crippen molar-refractivity contribution < 1.29 is 5.11 Å². The predicted octanol–water partition coefficient (Wildman–Crippen LogP) is 2.59. The number of nitrogens with zero attached hydrogens (tertiary/aromatic N) is 1. The van der Waals surface area contributed by atoms with Crippen LogP contribution in [0.3, 0.4) is 0 Å². The van der Waals surface area contributed by atoms with Gasteiger partial charge in [0.1, 0.15) is 0 Å². The number of hydrogen-bond acceptors (Lipinski definition) is 2. The molecular weight excluding hydrogens is 198 g/mol. The number of aliphatic hydroxyl groups is 1. The molecule has 3 atom stereocenters. The monoisotopic (exact) mass is 219 g/mol. The molecule has 0 bridgehead atoms. The van der Waals surface area contributed by atoms with Gasteiger partial charge in [0, 0.05) is 18.6 Å². The van der Waals surface area contributed by atoms with Crippen molar-refractivity contribution >= 4 is 0 Å². The van der Waals surface area contributed by atoms with Gasteiger partial charge < -0.3 is 5.11 Å². The van der Waals surface area contributed by atoms with Crippen LogP contribution in [0.25, 0.3) is 0 Å². The second kappa shape index (κ2) is 4.98. The third-order valence-corrected chi connectivity index (χ3v) is 3.68. The first kappa shape index (κ1) is 11.6. The number of piperidine rings is 1. The van der Waals surface area contributed by atoms with Crippen LogP contribution in [0.1, 0.15) is 38.3 Å². The van der Waals surface area contributed by atoms with Crippen molar-refractivity contribution in [2.75, 3.05) is 6.54 Å². The van der Waals surface area contributed by atoms with Gasteiger partial charge in [-0.15, -0.1) is 0 Å². The normalized spacial score (nSPS) is 28.9. The van der Waals surface area contributed by atoms with Crippen LogP contribution in [0.2, 0.25) is 0 Å². The predicted molar refractivity (Wildman–Crippen MR) is 66.3 cm³/mol. The Hall–Kier alpha value is -0.860. The minimum absolute atomic E-state index is 0.103. The third-order valence-electron chi connectivity index (χ3n) is 3.68. The fourth-order valence-corrected chi connectivity index (χ4v) is 2.66. The lowest BCUT2D eigenvalue weighted by Crippen LogP contribution is -2.43. The molecule has 2 rings (SSSR count). The summed E-state index contributed by atoms with van der Waals surface area (Å²) in [4.78, 5) is 2.49. The van der Waals surface area contributed by atoms with E-state index in [0.717, 1.165) is 19.4 Å². The highest BCUT2D eigenvalue weighted by Crippen LogP contribution is 2.27. The van der Waals surface area contributed by atoms with Crippen LogP contribution in [0.4, 0.5) is 0 Å². The van der Waals surface area contributed by atoms with Gasteiger partial charge in [0.25, 0.3) is 0 Å². The van der Waals surface area contributed by atoms with Crippen LogP contribution in [0.5, 0.6) is 0 Å². The van der Waals surface area contributed by atoms with Gasteiger partial charge in [0.05, 0.1) is 6.10 Å². The third kappa shape index (κ3) is 2.45. The molecule has 1 fully saturated rings. The Kier molecular flexibility index (Phi) is 3.62. The summed E-state index contributed by atoms with van der Waals surface area (Å²) in [5.41, 5.74) is 1.37. The minimum atomic E-state index is -0.103. The van der Waals surface area contributed by atoms with Gasteiger partial charge in [0.2, 0.25) is 0 Å². The Morgan fingerprint density at radius 2 is 2.00 bits per heavy atom. The molecule has 0 amide bonds. The highest BCUT2D eigenvalue weighted by Gasteiger charge is 2.27. The van der Waals surface area contributed by atoms with E-state index in [4.69, 9.17) is 0 Å². The van der Waals surface area contributed by atoms with Crippen molar-refractivity contribution in [2.24, 2.45) is 0 Å². The SMILES string of the molecule is C[C@@H]1C[C@H](O)CCN1[C@H](C)c1ccccc1. The van der Waals surface area contributed by atoms with Gasteiger partial charge in [0.15, 0.2) is 0 Å². The zero-order chi connectivity index (χ0) is 11.5. The summed E-state index contributed by atoms with van der Waals surface area (Å²) >= 11 is 0. The molecule has 0 saturated carbocycles. The number of rotatable bonds is 2. The van der Waals surface area contributed by atoms with E-state index in [9.17, 15) is 5.11 Å². The van der Waals surface area contributed by atoms with Crippen LogP contribution < -0.4 is 0 Å². The lowest BCUT2D eigenvalue weighted by Gasteiger charge is -2.40. The molecule has 0 radical (unpaired) electrons. The highest BCUT2D eigenvalue weighted by atomic mass is 16.3. The van der Waals surface area contributed by atoms with Crippen LogP contribution >= 0.6 is 0 Å². The summed E-state index contributed by atoms with van der Waals surface area (Å²) in [7, 11) is 0. The second-order valence-electron chi connectivity index (χ2n) is 4.85. The average molecular weight is 219 g/mol. The largest absolute Gasteiger partial charge is 0.393 e. The maximum Gasteiger partial charge on any atom is 0.0567 e. The fourth-order valence-electron chi connectivity index (χ4n) is 2.66. The number of benzene rings is 1. The summed E-state index contributed by atoms with van der Waals surface area (Å²) < 4.78 is 0. The zero-order valence-electron chi connectivity index (χ0n) is 10.1. The topological polar surface area (TPSA) is 23.5 Å². The molecule has 1 aromatic carbocycles. The van der Waals surface area contributed by atoms with Gasteiger partial charge in [-0.25, -0.2) is 0 Å². The van der Waals surface area contributed by atoms with Crippen LogP contribution in [-0.2, 0) is 0 Å². The summed E-state index contributed by atoms with van der Waals surface area (Å²) in [6.07, 6.45) is 1.70. The van der Waals surface area contributed by atoms with E-state index in [2.05, 4.69) is 49.1 Å². The molecular formula is C14H21NO. The molecule has 2 heteroatoms. The lowest BCUT2D eigenvalue weighted by molar-refractivity contribution is 0.0277. The summed E-state index contributed by atoms with van der Waals surface area (Å²) in [6.45, 7) is 5.46. The Morgan fingerprint density at radius 1 is 1.31 bits per heavy atom. The summed E-state index contributed by atoms with van der Waals surface area (Å²) in [5.74, 6) is 0. The van der Waals surface area contributed by atoms with Crippen molar-refractivity contribution in [3.8, 4) is 0 Å². The number of likely N-dealkylation sites (tertiary alicyclic amines) is 1. The zero-order valence-corrected chi connectivity index (χ0v) is 10.1. The van der Waals surface area contributed by atoms with Crippen molar-refractivity contribution in [2.45, 2.75) is 44.9 Å². The molecule has 1 heterocycles. The second-order valence-corrected chi connectivity index (χ2v) is 4.85. The molecule has 1 N–H and O–H groups in total. The number of aliphatic hydroxyl groups excluding tert-OH is 1. The average Bonchev–Trinajstić information content (AvgIpc) is 2.29. The molecule has 0 unspecified atom stereocenters. The Morgan fingerprint density at radius 3 is 2.62 bits per heavy atom. The van der Waals surface area contributed by atoms with E-state index in [-0.39, 0.29) is 6.10 Å². The van der Waals surface area contributed by atoms with E-state index >= 15 is 0 Å². The van der Waals surface area contributed by atoms with Gasteiger partial charge in [-0.3, -0.25) is 4.90 Å². The van der Waals surface area contributed by atoms with Crippen LogP contribution in [0, 0.1) is 0 Å². The van der Waals surface area contributed by atoms with E-state index in [1.807, 2.05) is 0 Å². The maximum atomic E-state index is 9.62. The Balaban J connectivity index is 2.07. The van der Waals surface area contributed by atoms with Gasteiger partial charge in [-0.1, -0.05) is 30.3 Å². The maximum absolute atomic E-state index is 9.62. The molecule has 88 valence electrons. The quantitative estimate of drug-likeness (QED) is 0.826. The molecule has 0 aliphatic carbocycles. The van der Waals surface area contributed by atoms with Crippen molar-refractivity contribution in [3.05, 3.63) is 35.9 Å². The molecule has 0 aromatic heterocycles. The highest BCUT2D eigenvalue weighted by molar-refractivity contribution is 5.18. The van der Waals surface area contributed by atoms with Crippen LogP contribution in [0.15, 0.2) is 30.3 Å². The van der Waals surface area contributed by atoms with Gasteiger partial charge in [-0.2, -0.15) is 0 Å². The Bertz CT molecular complexity index is 325. The lowest BCUT2D eigenvalue weighted by atomic mass is 9.96. The standard InChI is InChI=1S/C14H21NO/c1-11-10-14(16)8-9-15(11)12(2)13-6-4-3-5-7-13/h3-7,11-12,14,16H,8-10H2,1-2H3/t11-,12-,14-/m1/s1. The summed E-state index contributed by atoms with van der Waals surface area (Å²) in [6, 6.07) is 11.5. The fraction of sp³-hybridized carbons (Fsp3) is 0.571. The van der Waals surface area contributed by atoms with Crippen molar-refractivity contribution in [1.29, 1.82) is 0 Å². The molecule has 2 nitrogen and oxygen atoms in total.